The second kappa shape index (κ2) is 7.34. The molecule has 23 heavy (non-hydrogen) atoms. The molecule has 5 nitrogen and oxygen atoms in total. The van der Waals surface area contributed by atoms with E-state index >= 15 is 0 Å². The van der Waals surface area contributed by atoms with Crippen molar-refractivity contribution >= 4 is 38.8 Å². The van der Waals surface area contributed by atoms with E-state index in [1.165, 1.54) is 0 Å². The van der Waals surface area contributed by atoms with Crippen LogP contribution in [0.5, 0.6) is 0 Å². The van der Waals surface area contributed by atoms with E-state index in [9.17, 15) is 4.79 Å². The number of halogens is 1. The van der Waals surface area contributed by atoms with Gasteiger partial charge in [-0.15, -0.1) is 0 Å². The molecular formula is C17H23BrN4O. The van der Waals surface area contributed by atoms with Crippen LogP contribution in [-0.4, -0.2) is 35.5 Å². The molecule has 1 aromatic carbocycles. The summed E-state index contributed by atoms with van der Waals surface area (Å²) in [6.07, 6.45) is 4.12. The number of hydrogen-bond donors (Lipinski definition) is 2. The number of anilines is 1. The first-order valence-electron chi connectivity index (χ1n) is 8.35. The number of aromatic nitrogens is 2. The molecule has 0 saturated carbocycles. The van der Waals surface area contributed by atoms with E-state index in [4.69, 9.17) is 0 Å². The maximum atomic E-state index is 12.3. The summed E-state index contributed by atoms with van der Waals surface area (Å²) in [7, 11) is 0. The molecule has 1 aliphatic heterocycles. The van der Waals surface area contributed by atoms with Crippen LogP contribution < -0.4 is 10.2 Å². The van der Waals surface area contributed by atoms with Gasteiger partial charge in [0.1, 0.15) is 0 Å². The molecule has 6 heteroatoms. The average molecular weight is 379 g/mol. The molecule has 0 spiro atoms. The second-order valence-corrected chi connectivity index (χ2v) is 7.07. The molecule has 1 fully saturated rings. The van der Waals surface area contributed by atoms with Crippen LogP contribution >= 0.6 is 15.9 Å². The zero-order chi connectivity index (χ0) is 16.2. The lowest BCUT2D eigenvalue weighted by Crippen LogP contribution is -2.43. The molecule has 0 bridgehead atoms. The van der Waals surface area contributed by atoms with Crippen molar-refractivity contribution in [1.82, 2.24) is 15.3 Å². The topological polar surface area (TPSA) is 61.0 Å². The molecule has 0 radical (unpaired) electrons. The van der Waals surface area contributed by atoms with E-state index in [2.05, 4.69) is 43.0 Å². The lowest BCUT2D eigenvalue weighted by atomic mass is 9.97. The molecule has 0 unspecified atom stereocenters. The Morgan fingerprint density at radius 2 is 2.39 bits per heavy atom. The third-order valence-electron chi connectivity index (χ3n) is 4.35. The quantitative estimate of drug-likeness (QED) is 0.783. The molecule has 1 aliphatic rings. The van der Waals surface area contributed by atoms with E-state index in [1.807, 2.05) is 18.2 Å². The van der Waals surface area contributed by atoms with Crippen molar-refractivity contribution in [3.05, 3.63) is 22.7 Å². The Balaban J connectivity index is 1.68. The zero-order valence-electron chi connectivity index (χ0n) is 13.4. The lowest BCUT2D eigenvalue weighted by Gasteiger charge is -2.31. The Hall–Kier alpha value is -1.56. The zero-order valence-corrected chi connectivity index (χ0v) is 15.0. The van der Waals surface area contributed by atoms with Crippen molar-refractivity contribution in [1.29, 1.82) is 0 Å². The van der Waals surface area contributed by atoms with Crippen molar-refractivity contribution in [3.8, 4) is 0 Å². The number of unbranched alkanes of at least 4 members (excludes halogenated alkanes) is 1. The molecule has 2 heterocycles. The molecule has 1 amide bonds. The van der Waals surface area contributed by atoms with Crippen molar-refractivity contribution in [2.45, 2.75) is 32.6 Å². The predicted octanol–water partition coefficient (Wildman–Crippen LogP) is 3.46. The third-order valence-corrected chi connectivity index (χ3v) is 4.85. The number of fused-ring (bicyclic) bond motifs is 1. The fraction of sp³-hybridized carbons (Fsp3) is 0.529. The molecule has 2 N–H and O–H groups in total. The van der Waals surface area contributed by atoms with Gasteiger partial charge in [0.05, 0.1) is 17.0 Å². The Morgan fingerprint density at radius 3 is 3.22 bits per heavy atom. The summed E-state index contributed by atoms with van der Waals surface area (Å²) in [5, 5.41) is 3.06. The van der Waals surface area contributed by atoms with Crippen molar-refractivity contribution in [2.75, 3.05) is 24.5 Å². The number of amides is 1. The lowest BCUT2D eigenvalue weighted by molar-refractivity contribution is -0.125. The Labute approximate surface area is 145 Å². The molecule has 124 valence electrons. The summed E-state index contributed by atoms with van der Waals surface area (Å²) < 4.78 is 1.03. The number of hydrogen-bond acceptors (Lipinski definition) is 3. The van der Waals surface area contributed by atoms with Gasteiger partial charge in [0, 0.05) is 24.1 Å². The molecule has 1 atom stereocenters. The summed E-state index contributed by atoms with van der Waals surface area (Å²) in [5.41, 5.74) is 1.97. The first kappa shape index (κ1) is 16.3. The maximum absolute atomic E-state index is 12.3. The van der Waals surface area contributed by atoms with E-state index in [-0.39, 0.29) is 11.8 Å². The van der Waals surface area contributed by atoms with Gasteiger partial charge in [-0.2, -0.15) is 0 Å². The first-order valence-corrected chi connectivity index (χ1v) is 9.14. The van der Waals surface area contributed by atoms with Gasteiger partial charge in [-0.05, 0) is 37.5 Å². The second-order valence-electron chi connectivity index (χ2n) is 6.15. The van der Waals surface area contributed by atoms with Crippen LogP contribution in [0.15, 0.2) is 22.7 Å². The largest absolute Gasteiger partial charge is 0.356 e. The van der Waals surface area contributed by atoms with Crippen molar-refractivity contribution < 1.29 is 4.79 Å². The number of nitrogens with one attached hydrogen (secondary N) is 2. The van der Waals surface area contributed by atoms with Crippen LogP contribution in [0, 0.1) is 5.92 Å². The van der Waals surface area contributed by atoms with Crippen molar-refractivity contribution in [2.24, 2.45) is 5.92 Å². The number of carbonyl (C=O) groups is 1. The van der Waals surface area contributed by atoms with Crippen LogP contribution in [-0.2, 0) is 4.79 Å². The van der Waals surface area contributed by atoms with Crippen LogP contribution in [0.3, 0.4) is 0 Å². The fourth-order valence-corrected chi connectivity index (χ4v) is 3.40. The van der Waals surface area contributed by atoms with Crippen LogP contribution in [0.4, 0.5) is 5.95 Å². The molecule has 1 saturated heterocycles. The normalized spacial score (nSPS) is 18.3. The van der Waals surface area contributed by atoms with E-state index < -0.39 is 0 Å². The number of carbonyl (C=O) groups excluding carboxylic acids is 1. The summed E-state index contributed by atoms with van der Waals surface area (Å²) in [5.74, 6) is 1.10. The number of H-pyrrole nitrogens is 1. The van der Waals surface area contributed by atoms with E-state index in [1.54, 1.807) is 0 Å². The van der Waals surface area contributed by atoms with Crippen LogP contribution in [0.2, 0.25) is 0 Å². The van der Waals surface area contributed by atoms with Crippen LogP contribution in [0.1, 0.15) is 32.6 Å². The smallest absolute Gasteiger partial charge is 0.224 e. The summed E-state index contributed by atoms with van der Waals surface area (Å²) >= 11 is 3.48. The Morgan fingerprint density at radius 1 is 1.52 bits per heavy atom. The minimum atomic E-state index is 0.0561. The molecule has 0 aliphatic carbocycles. The Bertz CT molecular complexity index is 684. The first-order chi connectivity index (χ1) is 11.2. The number of rotatable bonds is 5. The van der Waals surface area contributed by atoms with Gasteiger partial charge < -0.3 is 15.2 Å². The van der Waals surface area contributed by atoms with Gasteiger partial charge in [-0.25, -0.2) is 4.98 Å². The number of benzene rings is 1. The van der Waals surface area contributed by atoms with Crippen LogP contribution in [0.25, 0.3) is 11.0 Å². The molecule has 2 aromatic rings. The number of piperidine rings is 1. The third kappa shape index (κ3) is 3.86. The minimum absolute atomic E-state index is 0.0561. The summed E-state index contributed by atoms with van der Waals surface area (Å²) in [6.45, 7) is 4.59. The SMILES string of the molecule is CCCCNC(=O)[C@H]1CCCN(c2nc3ccc(Br)cc3[nH]2)C1. The van der Waals surface area contributed by atoms with Gasteiger partial charge in [0.2, 0.25) is 11.9 Å². The van der Waals surface area contributed by atoms with Gasteiger partial charge in [0.25, 0.3) is 0 Å². The van der Waals surface area contributed by atoms with Gasteiger partial charge in [0.15, 0.2) is 0 Å². The molecular weight excluding hydrogens is 356 g/mol. The van der Waals surface area contributed by atoms with Gasteiger partial charge >= 0.3 is 0 Å². The number of aromatic amines is 1. The average Bonchev–Trinajstić information content (AvgIpc) is 2.98. The number of nitrogens with zero attached hydrogens (tertiary/aromatic N) is 2. The highest BCUT2D eigenvalue weighted by atomic mass is 79.9. The summed E-state index contributed by atoms with van der Waals surface area (Å²) in [6, 6.07) is 6.02. The van der Waals surface area contributed by atoms with Gasteiger partial charge in [-0.1, -0.05) is 29.3 Å². The summed E-state index contributed by atoms with van der Waals surface area (Å²) in [4.78, 5) is 22.5. The highest BCUT2D eigenvalue weighted by Crippen LogP contribution is 2.25. The van der Waals surface area contributed by atoms with Gasteiger partial charge in [-0.3, -0.25) is 4.79 Å². The van der Waals surface area contributed by atoms with E-state index in [0.29, 0.717) is 0 Å². The van der Waals surface area contributed by atoms with E-state index in [0.717, 1.165) is 66.8 Å². The Kier molecular flexibility index (Phi) is 5.20. The monoisotopic (exact) mass is 378 g/mol. The molecule has 3 rings (SSSR count). The van der Waals surface area contributed by atoms with Crippen molar-refractivity contribution in [3.63, 3.8) is 0 Å². The highest BCUT2D eigenvalue weighted by Gasteiger charge is 2.27. The maximum Gasteiger partial charge on any atom is 0.224 e. The number of imidazole rings is 1. The predicted molar refractivity (Wildman–Crippen MR) is 96.6 cm³/mol. The minimum Gasteiger partial charge on any atom is -0.356 e. The highest BCUT2D eigenvalue weighted by molar-refractivity contribution is 9.10. The standard InChI is InChI=1S/C17H23BrN4O/c1-2-3-8-19-16(23)12-5-4-9-22(11-12)17-20-14-7-6-13(18)10-15(14)21-17/h6-7,10,12H,2-5,8-9,11H2,1H3,(H,19,23)(H,20,21)/t12-/m0/s1. The fourth-order valence-electron chi connectivity index (χ4n) is 3.03. The molecule has 1 aromatic heterocycles.